The highest BCUT2D eigenvalue weighted by Gasteiger charge is 2.54. The highest BCUT2D eigenvalue weighted by molar-refractivity contribution is 8.13. The van der Waals surface area contributed by atoms with Gasteiger partial charge < -0.3 is 34.5 Å². The van der Waals surface area contributed by atoms with E-state index in [0.717, 1.165) is 62.6 Å². The first kappa shape index (κ1) is 56.3. The Balaban J connectivity index is 0.878. The lowest BCUT2D eigenvalue weighted by Gasteiger charge is -2.38. The van der Waals surface area contributed by atoms with E-state index in [1.165, 1.54) is 13.1 Å². The first-order valence-electron chi connectivity index (χ1n) is 26.0. The summed E-state index contributed by atoms with van der Waals surface area (Å²) < 4.78 is 53.9. The van der Waals surface area contributed by atoms with E-state index in [4.69, 9.17) is 28.0 Å². The number of aliphatic hydroxyl groups excluding tert-OH is 1. The van der Waals surface area contributed by atoms with Crippen LogP contribution in [0.3, 0.4) is 0 Å². The molecule has 0 aliphatic carbocycles. The number of carbonyl (C=O) groups excluding carboxylic acids is 1. The zero-order chi connectivity index (χ0) is 55.0. The Morgan fingerprint density at radius 1 is 0.731 bits per heavy atom. The SMILES string of the molecule is COc1ccc(C(Nc2ccn([C@@H]3O[C@H](COP(=O)(OCCSC(=O)C(C)(C)COC(c4ccccc4)(c4ccccc4)c4ccccc4)N4CCCC4)C(O)[C@]3(C)O)c(=O)n2)(c2ccccc2)c2ccc(OC)cc2)cc1. The minimum atomic E-state index is -4.03. The van der Waals surface area contributed by atoms with Crippen LogP contribution in [-0.4, -0.2) is 100 Å². The van der Waals surface area contributed by atoms with Crippen LogP contribution < -0.4 is 20.5 Å². The van der Waals surface area contributed by atoms with Gasteiger partial charge in [-0.1, -0.05) is 157 Å². The van der Waals surface area contributed by atoms with Gasteiger partial charge in [0.2, 0.25) is 0 Å². The smallest absolute Gasteiger partial charge is 0.408 e. The van der Waals surface area contributed by atoms with Crippen molar-refractivity contribution >= 4 is 30.4 Å². The lowest BCUT2D eigenvalue weighted by molar-refractivity contribution is -0.124. The van der Waals surface area contributed by atoms with Gasteiger partial charge in [0.15, 0.2) is 11.3 Å². The molecule has 3 heterocycles. The van der Waals surface area contributed by atoms with Gasteiger partial charge in [-0.3, -0.25) is 18.4 Å². The molecule has 0 spiro atoms. The van der Waals surface area contributed by atoms with Crippen molar-refractivity contribution in [2.75, 3.05) is 58.2 Å². The molecule has 408 valence electrons. The fourth-order valence-corrected chi connectivity index (χ4v) is 13.0. The molecule has 78 heavy (non-hydrogen) atoms. The van der Waals surface area contributed by atoms with Crippen molar-refractivity contribution in [3.05, 3.63) is 226 Å². The van der Waals surface area contributed by atoms with Gasteiger partial charge in [0.05, 0.1) is 39.5 Å². The Bertz CT molecular complexity index is 3040. The molecule has 17 heteroatoms. The first-order chi connectivity index (χ1) is 37.6. The molecule has 9 rings (SSSR count). The van der Waals surface area contributed by atoms with E-state index in [0.29, 0.717) is 24.6 Å². The number of carbonyl (C=O) groups is 1. The van der Waals surface area contributed by atoms with Crippen molar-refractivity contribution in [2.45, 2.75) is 68.8 Å². The maximum Gasteiger partial charge on any atom is 0.408 e. The van der Waals surface area contributed by atoms with Gasteiger partial charge in [0, 0.05) is 25.0 Å². The average Bonchev–Trinajstić information content (AvgIpc) is 4.25. The lowest BCUT2D eigenvalue weighted by atomic mass is 9.77. The van der Waals surface area contributed by atoms with Crippen LogP contribution in [0.2, 0.25) is 0 Å². The third kappa shape index (κ3) is 11.6. The average molecular weight is 1100 g/mol. The summed E-state index contributed by atoms with van der Waals surface area (Å²) in [5, 5.41) is 26.9. The number of benzene rings is 6. The molecule has 0 radical (unpaired) electrons. The predicted molar refractivity (Wildman–Crippen MR) is 302 cm³/mol. The maximum atomic E-state index is 14.7. The summed E-state index contributed by atoms with van der Waals surface area (Å²) in [5.41, 5.74) is -0.607. The summed E-state index contributed by atoms with van der Waals surface area (Å²) in [6.07, 6.45) is -1.27. The van der Waals surface area contributed by atoms with Crippen LogP contribution in [0.1, 0.15) is 73.2 Å². The van der Waals surface area contributed by atoms with Crippen molar-refractivity contribution in [3.8, 4) is 11.5 Å². The van der Waals surface area contributed by atoms with E-state index in [2.05, 4.69) is 10.3 Å². The molecule has 1 aromatic heterocycles. The molecule has 2 fully saturated rings. The molecule has 7 aromatic rings. The van der Waals surface area contributed by atoms with Crippen LogP contribution >= 0.6 is 19.5 Å². The van der Waals surface area contributed by atoms with Gasteiger partial charge in [-0.05, 0) is 97.3 Å². The second kappa shape index (κ2) is 24.3. The molecule has 3 N–H and O–H groups in total. The molecule has 6 aromatic carbocycles. The lowest BCUT2D eigenvalue weighted by Crippen LogP contribution is -2.46. The van der Waals surface area contributed by atoms with Crippen LogP contribution in [0.5, 0.6) is 11.5 Å². The number of hydrogen-bond acceptors (Lipinski definition) is 14. The molecular weight excluding hydrogens is 1030 g/mol. The van der Waals surface area contributed by atoms with E-state index >= 15 is 0 Å². The summed E-state index contributed by atoms with van der Waals surface area (Å²) in [4.78, 5) is 32.7. The van der Waals surface area contributed by atoms with E-state index in [1.807, 2.05) is 184 Å². The predicted octanol–water partition coefficient (Wildman–Crippen LogP) is 10.2. The third-order valence-electron chi connectivity index (χ3n) is 14.6. The van der Waals surface area contributed by atoms with Gasteiger partial charge in [0.1, 0.15) is 46.3 Å². The number of nitrogens with zero attached hydrogens (tertiary/aromatic N) is 3. The summed E-state index contributed by atoms with van der Waals surface area (Å²) in [7, 11) is -0.830. The number of nitrogens with one attached hydrogen (secondary N) is 1. The Morgan fingerprint density at radius 2 is 1.21 bits per heavy atom. The molecule has 0 saturated carbocycles. The van der Waals surface area contributed by atoms with E-state index in [9.17, 15) is 24.4 Å². The van der Waals surface area contributed by atoms with Crippen molar-refractivity contribution in [1.29, 1.82) is 0 Å². The van der Waals surface area contributed by atoms with Crippen LogP contribution in [0, 0.1) is 5.41 Å². The van der Waals surface area contributed by atoms with E-state index < -0.39 is 60.6 Å². The minimum absolute atomic E-state index is 0.0790. The highest BCUT2D eigenvalue weighted by Crippen LogP contribution is 2.55. The monoisotopic (exact) mass is 1090 g/mol. The van der Waals surface area contributed by atoms with Crippen molar-refractivity contribution in [2.24, 2.45) is 5.41 Å². The van der Waals surface area contributed by atoms with Crippen LogP contribution in [0.15, 0.2) is 187 Å². The normalized spacial score (nSPS) is 19.8. The summed E-state index contributed by atoms with van der Waals surface area (Å²) in [6, 6.07) is 56.5. The van der Waals surface area contributed by atoms with Gasteiger partial charge in [0.25, 0.3) is 0 Å². The molecule has 2 unspecified atom stereocenters. The van der Waals surface area contributed by atoms with Crippen molar-refractivity contribution in [1.82, 2.24) is 14.2 Å². The Labute approximate surface area is 460 Å². The van der Waals surface area contributed by atoms with E-state index in [1.54, 1.807) is 25.0 Å². The number of aromatic nitrogens is 2. The standard InChI is InChI=1S/C61H67N4O11PS/c1-58(2,43-73-61(47-22-12-7-13-23-47,48-24-14-8-15-25-48)49-26-16-9-17-27-49)56(67)78-41-40-74-77(70,64-37-18-19-38-64)75-42-52-54(66)59(3,69)55(76-52)65-39-36-53(62-57(65)68)63-60(44-20-10-6-11-21-44,45-28-32-50(71-4)33-29-45)46-30-34-51(72-5)35-31-46/h6-17,20-36,39,52,54-55,66,69H,18-19,37-38,40-43H2,1-5H3,(H,62,63,68)/t52-,54?,55-,59+,77?/m1/s1. The topological polar surface area (TPSA) is 180 Å². The van der Waals surface area contributed by atoms with E-state index in [-0.39, 0.29) is 29.9 Å². The zero-order valence-corrected chi connectivity index (χ0v) is 46.2. The third-order valence-corrected chi connectivity index (χ3v) is 17.8. The Morgan fingerprint density at radius 3 is 1.68 bits per heavy atom. The Kier molecular flexibility index (Phi) is 17.5. The quantitative estimate of drug-likeness (QED) is 0.0313. The number of ether oxygens (including phenoxy) is 4. The van der Waals surface area contributed by atoms with Crippen LogP contribution in [-0.2, 0) is 39.0 Å². The number of hydrogen-bond donors (Lipinski definition) is 3. The summed E-state index contributed by atoms with van der Waals surface area (Å²) in [5.74, 6) is 1.70. The number of thioether (sulfide) groups is 1. The molecular formula is C61H67N4O11PS. The maximum absolute atomic E-state index is 14.7. The summed E-state index contributed by atoms with van der Waals surface area (Å²) in [6.45, 7) is 5.48. The van der Waals surface area contributed by atoms with Crippen LogP contribution in [0.4, 0.5) is 5.82 Å². The molecule has 2 aliphatic heterocycles. The largest absolute Gasteiger partial charge is 0.497 e. The molecule has 2 aliphatic rings. The second-order valence-corrected chi connectivity index (χ2v) is 23.3. The van der Waals surface area contributed by atoms with Crippen molar-refractivity contribution in [3.63, 3.8) is 0 Å². The van der Waals surface area contributed by atoms with Crippen molar-refractivity contribution < 1.29 is 47.6 Å². The number of anilines is 1. The zero-order valence-electron chi connectivity index (χ0n) is 44.5. The van der Waals surface area contributed by atoms with Gasteiger partial charge in [-0.25, -0.2) is 14.0 Å². The second-order valence-electron chi connectivity index (χ2n) is 20.2. The Hall–Kier alpha value is -6.43. The van der Waals surface area contributed by atoms with Gasteiger partial charge in [-0.15, -0.1) is 0 Å². The van der Waals surface area contributed by atoms with Gasteiger partial charge >= 0.3 is 13.4 Å². The highest BCUT2D eigenvalue weighted by atomic mass is 32.2. The minimum Gasteiger partial charge on any atom is -0.497 e. The number of methoxy groups -OCH3 is 2. The fourth-order valence-electron chi connectivity index (χ4n) is 10.2. The molecule has 0 bridgehead atoms. The molecule has 15 nitrogen and oxygen atoms in total. The van der Waals surface area contributed by atoms with Crippen LogP contribution in [0.25, 0.3) is 0 Å². The van der Waals surface area contributed by atoms with Gasteiger partial charge in [-0.2, -0.15) is 4.98 Å². The number of rotatable bonds is 23. The number of aliphatic hydroxyl groups is 2. The first-order valence-corrected chi connectivity index (χ1v) is 28.5. The summed E-state index contributed by atoms with van der Waals surface area (Å²) >= 11 is 1.06. The fraction of sp³-hybridized carbons (Fsp3) is 0.328. The molecule has 2 saturated heterocycles. The molecule has 0 amide bonds. The molecule has 5 atom stereocenters.